The second kappa shape index (κ2) is 6.73. The van der Waals surface area contributed by atoms with Crippen molar-refractivity contribution in [2.45, 2.75) is 65.7 Å². The molecule has 0 aromatic carbocycles. The third-order valence-corrected chi connectivity index (χ3v) is 6.71. The third kappa shape index (κ3) is 3.28. The van der Waals surface area contributed by atoms with Crippen LogP contribution in [0.15, 0.2) is 23.8 Å². The molecule has 0 radical (unpaired) electrons. The lowest BCUT2D eigenvalue weighted by molar-refractivity contribution is -0.164. The highest BCUT2D eigenvalue weighted by molar-refractivity contribution is 5.80. The zero-order chi connectivity index (χ0) is 18.1. The first-order valence-corrected chi connectivity index (χ1v) is 8.92. The normalized spacial score (nSPS) is 37.0. The van der Waals surface area contributed by atoms with Crippen LogP contribution in [0.4, 0.5) is 0 Å². The topological polar surface area (TPSA) is 74.6 Å². The highest BCUT2D eigenvalue weighted by Crippen LogP contribution is 2.62. The first-order chi connectivity index (χ1) is 11.1. The molecule has 0 bridgehead atoms. The number of allylic oxidation sites excluding steroid dienone is 2. The molecular weight excluding hydrogens is 304 g/mol. The Morgan fingerprint density at radius 1 is 1.29 bits per heavy atom. The summed E-state index contributed by atoms with van der Waals surface area (Å²) in [6.07, 6.45) is 7.36. The smallest absolute Gasteiger partial charge is 0.328 e. The molecule has 2 fully saturated rings. The average Bonchev–Trinajstić information content (AvgIpc) is 2.45. The molecule has 0 saturated heterocycles. The number of aliphatic carboxylic acids is 2. The average molecular weight is 334 g/mol. The predicted molar refractivity (Wildman–Crippen MR) is 93.7 cm³/mol. The summed E-state index contributed by atoms with van der Waals surface area (Å²) in [5, 5.41) is 18.7. The number of hydrogen-bond acceptors (Lipinski definition) is 2. The van der Waals surface area contributed by atoms with Crippen LogP contribution in [0.2, 0.25) is 0 Å². The molecule has 0 spiro atoms. The Balaban J connectivity index is 2.25. The third-order valence-electron chi connectivity index (χ3n) is 6.71. The van der Waals surface area contributed by atoms with E-state index in [1.54, 1.807) is 0 Å². The van der Waals surface area contributed by atoms with Gasteiger partial charge < -0.3 is 10.2 Å². The monoisotopic (exact) mass is 334 g/mol. The highest BCUT2D eigenvalue weighted by Gasteiger charge is 2.57. The van der Waals surface area contributed by atoms with Crippen LogP contribution in [-0.4, -0.2) is 22.2 Å². The van der Waals surface area contributed by atoms with Crippen LogP contribution in [0.5, 0.6) is 0 Å². The number of carboxylic acid groups (broad SMARTS) is 2. The number of carboxylic acids is 2. The highest BCUT2D eigenvalue weighted by atomic mass is 16.4. The van der Waals surface area contributed by atoms with Crippen molar-refractivity contribution in [3.05, 3.63) is 23.8 Å². The minimum absolute atomic E-state index is 0.0514. The summed E-state index contributed by atoms with van der Waals surface area (Å²) in [5.74, 6) is -1.15. The zero-order valence-corrected chi connectivity index (χ0v) is 15.1. The van der Waals surface area contributed by atoms with Gasteiger partial charge in [-0.3, -0.25) is 4.79 Å². The summed E-state index contributed by atoms with van der Waals surface area (Å²) in [6, 6.07) is 0. The van der Waals surface area contributed by atoms with E-state index < -0.39 is 17.4 Å². The van der Waals surface area contributed by atoms with Crippen LogP contribution >= 0.6 is 0 Å². The first-order valence-electron chi connectivity index (χ1n) is 8.92. The maximum Gasteiger partial charge on any atom is 0.328 e. The molecule has 24 heavy (non-hydrogen) atoms. The van der Waals surface area contributed by atoms with Gasteiger partial charge in [-0.2, -0.15) is 0 Å². The number of fused-ring (bicyclic) bond motifs is 1. The van der Waals surface area contributed by atoms with Crippen molar-refractivity contribution in [2.24, 2.45) is 22.7 Å². The molecule has 0 heterocycles. The van der Waals surface area contributed by atoms with E-state index in [-0.39, 0.29) is 17.3 Å². The minimum Gasteiger partial charge on any atom is -0.481 e. The maximum atomic E-state index is 12.0. The molecule has 2 saturated carbocycles. The summed E-state index contributed by atoms with van der Waals surface area (Å²) in [4.78, 5) is 22.8. The van der Waals surface area contributed by atoms with Crippen molar-refractivity contribution >= 4 is 11.9 Å². The Kier molecular flexibility index (Phi) is 5.26. The molecule has 0 amide bonds. The van der Waals surface area contributed by atoms with E-state index in [4.69, 9.17) is 5.11 Å². The molecule has 4 atom stereocenters. The quantitative estimate of drug-likeness (QED) is 0.566. The summed E-state index contributed by atoms with van der Waals surface area (Å²) < 4.78 is 0. The SMILES string of the molecule is C=C1CC[C@@H]2[C@@](C)(CCC[C@@]2(C)C(=O)O)[C@@H]1CCC(C)=CC(=O)O. The van der Waals surface area contributed by atoms with Crippen molar-refractivity contribution in [3.8, 4) is 0 Å². The fourth-order valence-corrected chi connectivity index (χ4v) is 5.39. The maximum absolute atomic E-state index is 12.0. The molecule has 134 valence electrons. The van der Waals surface area contributed by atoms with E-state index in [1.807, 2.05) is 13.8 Å². The molecule has 2 aliphatic rings. The van der Waals surface area contributed by atoms with Crippen molar-refractivity contribution in [1.29, 1.82) is 0 Å². The molecule has 0 unspecified atom stereocenters. The Bertz CT molecular complexity index is 576. The van der Waals surface area contributed by atoms with E-state index >= 15 is 0 Å². The van der Waals surface area contributed by atoms with E-state index in [1.165, 1.54) is 11.6 Å². The van der Waals surface area contributed by atoms with Crippen LogP contribution in [0.1, 0.15) is 65.7 Å². The van der Waals surface area contributed by atoms with E-state index in [2.05, 4.69) is 13.5 Å². The Hall–Kier alpha value is -1.58. The minimum atomic E-state index is -0.907. The number of carbonyl (C=O) groups is 2. The Morgan fingerprint density at radius 2 is 1.96 bits per heavy atom. The van der Waals surface area contributed by atoms with E-state index in [0.29, 0.717) is 0 Å². The van der Waals surface area contributed by atoms with Gasteiger partial charge in [0.2, 0.25) is 0 Å². The molecule has 4 heteroatoms. The molecule has 0 aliphatic heterocycles. The van der Waals surface area contributed by atoms with Gasteiger partial charge in [-0.1, -0.05) is 31.1 Å². The van der Waals surface area contributed by atoms with Gasteiger partial charge in [-0.05, 0) is 69.6 Å². The fourth-order valence-electron chi connectivity index (χ4n) is 5.39. The summed E-state index contributed by atoms with van der Waals surface area (Å²) >= 11 is 0. The molecule has 2 N–H and O–H groups in total. The summed E-state index contributed by atoms with van der Waals surface area (Å²) in [6.45, 7) is 10.3. The standard InChI is InChI=1S/C20H30O4/c1-13(12-17(21)22)6-8-15-14(2)7-9-16-19(15,3)10-5-11-20(16,4)18(23)24/h12,15-16H,2,5-11H2,1,3-4H3,(H,21,22)(H,23,24)/t15-,16-,19+,20-/m1/s1. The molecule has 0 aromatic rings. The van der Waals surface area contributed by atoms with Crippen LogP contribution in [0.3, 0.4) is 0 Å². The van der Waals surface area contributed by atoms with Gasteiger partial charge in [0.05, 0.1) is 5.41 Å². The lowest BCUT2D eigenvalue weighted by Gasteiger charge is -2.57. The van der Waals surface area contributed by atoms with Gasteiger partial charge in [-0.25, -0.2) is 4.79 Å². The van der Waals surface area contributed by atoms with Crippen molar-refractivity contribution in [1.82, 2.24) is 0 Å². The van der Waals surface area contributed by atoms with Crippen LogP contribution in [0.25, 0.3) is 0 Å². The molecule has 0 aromatic heterocycles. The predicted octanol–water partition coefficient (Wildman–Crippen LogP) is 4.66. The van der Waals surface area contributed by atoms with E-state index in [0.717, 1.165) is 50.5 Å². The van der Waals surface area contributed by atoms with Crippen molar-refractivity contribution in [2.75, 3.05) is 0 Å². The lowest BCUT2D eigenvalue weighted by atomic mass is 9.46. The van der Waals surface area contributed by atoms with Gasteiger partial charge >= 0.3 is 11.9 Å². The largest absolute Gasteiger partial charge is 0.481 e. The van der Waals surface area contributed by atoms with Crippen LogP contribution < -0.4 is 0 Å². The summed E-state index contributed by atoms with van der Waals surface area (Å²) in [7, 11) is 0. The van der Waals surface area contributed by atoms with Crippen molar-refractivity contribution < 1.29 is 19.8 Å². The molecule has 4 nitrogen and oxygen atoms in total. The van der Waals surface area contributed by atoms with Gasteiger partial charge in [0, 0.05) is 6.08 Å². The lowest BCUT2D eigenvalue weighted by Crippen LogP contribution is -2.53. The number of rotatable bonds is 5. The second-order valence-corrected chi connectivity index (χ2v) is 8.25. The first kappa shape index (κ1) is 18.8. The number of hydrogen-bond donors (Lipinski definition) is 2. The molecule has 2 rings (SSSR count). The van der Waals surface area contributed by atoms with Crippen LogP contribution in [0, 0.1) is 22.7 Å². The Labute approximate surface area is 144 Å². The van der Waals surface area contributed by atoms with Crippen LogP contribution in [-0.2, 0) is 9.59 Å². The fraction of sp³-hybridized carbons (Fsp3) is 0.700. The van der Waals surface area contributed by atoms with Gasteiger partial charge in [0.15, 0.2) is 0 Å². The van der Waals surface area contributed by atoms with Gasteiger partial charge in [0.1, 0.15) is 0 Å². The van der Waals surface area contributed by atoms with Gasteiger partial charge in [-0.15, -0.1) is 0 Å². The van der Waals surface area contributed by atoms with E-state index in [9.17, 15) is 14.7 Å². The van der Waals surface area contributed by atoms with Crippen molar-refractivity contribution in [3.63, 3.8) is 0 Å². The second-order valence-electron chi connectivity index (χ2n) is 8.25. The molecule has 2 aliphatic carbocycles. The van der Waals surface area contributed by atoms with Gasteiger partial charge in [0.25, 0.3) is 0 Å². The zero-order valence-electron chi connectivity index (χ0n) is 15.1. The molecular formula is C20H30O4. The summed E-state index contributed by atoms with van der Waals surface area (Å²) in [5.41, 5.74) is 1.37. The Morgan fingerprint density at radius 3 is 2.54 bits per heavy atom.